The van der Waals surface area contributed by atoms with Crippen LogP contribution >= 0.6 is 0 Å². The van der Waals surface area contributed by atoms with Crippen molar-refractivity contribution in [2.24, 2.45) is 0 Å². The summed E-state index contributed by atoms with van der Waals surface area (Å²) in [5.41, 5.74) is 0. The van der Waals surface area contributed by atoms with Crippen LogP contribution in [0, 0.1) is 6.92 Å². The Morgan fingerprint density at radius 3 is 2.56 bits per heavy atom. The Morgan fingerprint density at radius 1 is 1.22 bits per heavy atom. The van der Waals surface area contributed by atoms with Gasteiger partial charge in [0.15, 0.2) is 0 Å². The van der Waals surface area contributed by atoms with E-state index < -0.39 is 0 Å². The molecule has 9 heavy (non-hydrogen) atoms. The van der Waals surface area contributed by atoms with E-state index in [1.165, 1.54) is 25.7 Å². The second kappa shape index (κ2) is 7.74. The smallest absolute Gasteiger partial charge is 0.0351 e. The molecule has 0 heterocycles. The van der Waals surface area contributed by atoms with Gasteiger partial charge in [0.05, 0.1) is 0 Å². The molecule has 0 amide bonds. The highest BCUT2D eigenvalue weighted by Gasteiger charge is 1.79. The van der Waals surface area contributed by atoms with Gasteiger partial charge in [0, 0.05) is 0 Å². The molecule has 0 aromatic rings. The van der Waals surface area contributed by atoms with Crippen LogP contribution in [-0.4, -0.2) is 0 Å². The molecule has 0 spiro atoms. The zero-order valence-corrected chi connectivity index (χ0v) is 6.40. The van der Waals surface area contributed by atoms with Gasteiger partial charge in [-0.3, -0.25) is 0 Å². The van der Waals surface area contributed by atoms with Gasteiger partial charge in [-0.2, -0.15) is 0 Å². The maximum Gasteiger partial charge on any atom is -0.0351 e. The molecule has 0 N–H and O–H groups in total. The molecular weight excluding hydrogens is 108 g/mol. The third-order valence-corrected chi connectivity index (χ3v) is 1.31. The lowest BCUT2D eigenvalue weighted by atomic mass is 10.2. The maximum atomic E-state index is 3.72. The number of rotatable bonds is 5. The maximum absolute atomic E-state index is 3.72. The summed E-state index contributed by atoms with van der Waals surface area (Å²) >= 11 is 0. The van der Waals surface area contributed by atoms with Crippen LogP contribution in [-0.2, 0) is 0 Å². The minimum Gasteiger partial charge on any atom is -0.0885 e. The van der Waals surface area contributed by atoms with Crippen LogP contribution in [0.15, 0.2) is 12.2 Å². The average molecular weight is 125 g/mol. The summed E-state index contributed by atoms with van der Waals surface area (Å²) in [6.07, 6.45) is 10.6. The number of unbranched alkanes of at least 4 members (excludes halogenated alkanes) is 3. The monoisotopic (exact) mass is 125 g/mol. The van der Waals surface area contributed by atoms with Crippen molar-refractivity contribution in [2.75, 3.05) is 0 Å². The molecule has 53 valence electrons. The Hall–Kier alpha value is -0.260. The largest absolute Gasteiger partial charge is 0.0885 e. The molecule has 0 fully saturated rings. The molecule has 0 aromatic carbocycles. The van der Waals surface area contributed by atoms with Crippen molar-refractivity contribution in [2.45, 2.75) is 39.0 Å². The van der Waals surface area contributed by atoms with Gasteiger partial charge in [-0.05, 0) is 26.2 Å². The van der Waals surface area contributed by atoms with E-state index in [1.807, 2.05) is 0 Å². The van der Waals surface area contributed by atoms with Crippen molar-refractivity contribution in [1.29, 1.82) is 0 Å². The van der Waals surface area contributed by atoms with Gasteiger partial charge in [0.2, 0.25) is 0 Å². The lowest BCUT2D eigenvalue weighted by molar-refractivity contribution is 0.728. The van der Waals surface area contributed by atoms with Crippen molar-refractivity contribution in [3.63, 3.8) is 0 Å². The molecule has 0 heteroatoms. The standard InChI is InChI=1S/C9H17/c1-3-5-7-9-8-6-4-2/h5,7H,1,3-4,6,8-9H2,2H3/b7-5+. The highest BCUT2D eigenvalue weighted by Crippen LogP contribution is 1.99. The number of hydrogen-bond donors (Lipinski definition) is 0. The van der Waals surface area contributed by atoms with E-state index in [2.05, 4.69) is 26.0 Å². The van der Waals surface area contributed by atoms with Crippen molar-refractivity contribution in [3.05, 3.63) is 19.1 Å². The average Bonchev–Trinajstić information content (AvgIpc) is 1.89. The SMILES string of the molecule is [CH2]C/C=C/CCCCC. The minimum atomic E-state index is 0.937. The fraction of sp³-hybridized carbons (Fsp3) is 0.667. The van der Waals surface area contributed by atoms with Crippen LogP contribution in [0.4, 0.5) is 0 Å². The predicted octanol–water partition coefficient (Wildman–Crippen LogP) is 3.35. The van der Waals surface area contributed by atoms with E-state index in [4.69, 9.17) is 0 Å². The summed E-state index contributed by atoms with van der Waals surface area (Å²) < 4.78 is 0. The Kier molecular flexibility index (Phi) is 7.52. The lowest BCUT2D eigenvalue weighted by Crippen LogP contribution is -1.69. The molecule has 0 aliphatic carbocycles. The second-order valence-electron chi connectivity index (χ2n) is 2.26. The van der Waals surface area contributed by atoms with Crippen molar-refractivity contribution >= 4 is 0 Å². The van der Waals surface area contributed by atoms with Gasteiger partial charge in [0.1, 0.15) is 0 Å². The van der Waals surface area contributed by atoms with Gasteiger partial charge >= 0.3 is 0 Å². The molecule has 0 atom stereocenters. The minimum absolute atomic E-state index is 0.937. The normalized spacial score (nSPS) is 10.9. The Balaban J connectivity index is 2.82. The predicted molar refractivity (Wildman–Crippen MR) is 43.3 cm³/mol. The quantitative estimate of drug-likeness (QED) is 0.390. The topological polar surface area (TPSA) is 0 Å². The van der Waals surface area contributed by atoms with Gasteiger partial charge in [0.25, 0.3) is 0 Å². The van der Waals surface area contributed by atoms with Crippen LogP contribution in [0.2, 0.25) is 0 Å². The number of allylic oxidation sites excluding steroid dienone is 2. The molecule has 0 rings (SSSR count). The lowest BCUT2D eigenvalue weighted by Gasteiger charge is -1.89. The van der Waals surface area contributed by atoms with Crippen LogP contribution in [0.3, 0.4) is 0 Å². The van der Waals surface area contributed by atoms with Gasteiger partial charge in [-0.15, -0.1) is 0 Å². The zero-order valence-electron chi connectivity index (χ0n) is 6.40. The molecule has 0 unspecified atom stereocenters. The molecule has 0 saturated carbocycles. The van der Waals surface area contributed by atoms with E-state index in [1.54, 1.807) is 0 Å². The Labute approximate surface area is 59.0 Å². The summed E-state index contributed by atoms with van der Waals surface area (Å²) in [5.74, 6) is 0. The first kappa shape index (κ1) is 8.74. The van der Waals surface area contributed by atoms with Gasteiger partial charge in [-0.25, -0.2) is 0 Å². The van der Waals surface area contributed by atoms with Crippen molar-refractivity contribution in [3.8, 4) is 0 Å². The first-order chi connectivity index (χ1) is 4.41. The highest BCUT2D eigenvalue weighted by molar-refractivity contribution is 4.81. The van der Waals surface area contributed by atoms with Crippen LogP contribution in [0.5, 0.6) is 0 Å². The second-order valence-corrected chi connectivity index (χ2v) is 2.26. The summed E-state index contributed by atoms with van der Waals surface area (Å²) in [4.78, 5) is 0. The van der Waals surface area contributed by atoms with E-state index in [0.717, 1.165) is 6.42 Å². The molecule has 1 radical (unpaired) electrons. The van der Waals surface area contributed by atoms with Gasteiger partial charge < -0.3 is 0 Å². The van der Waals surface area contributed by atoms with Gasteiger partial charge in [-0.1, -0.05) is 31.9 Å². The summed E-state index contributed by atoms with van der Waals surface area (Å²) in [6, 6.07) is 0. The molecule has 0 aliphatic heterocycles. The molecule has 0 aliphatic rings. The molecule has 0 nitrogen and oxygen atoms in total. The molecular formula is C9H17. The first-order valence-electron chi connectivity index (χ1n) is 3.86. The van der Waals surface area contributed by atoms with E-state index in [9.17, 15) is 0 Å². The Bertz CT molecular complexity index is 62.4. The summed E-state index contributed by atoms with van der Waals surface area (Å²) in [7, 11) is 0. The molecule has 0 aromatic heterocycles. The highest BCUT2D eigenvalue weighted by atomic mass is 13.9. The van der Waals surface area contributed by atoms with Crippen LogP contribution in [0.1, 0.15) is 39.0 Å². The third-order valence-electron chi connectivity index (χ3n) is 1.31. The van der Waals surface area contributed by atoms with E-state index in [0.29, 0.717) is 0 Å². The molecule has 0 saturated heterocycles. The van der Waals surface area contributed by atoms with Crippen molar-refractivity contribution < 1.29 is 0 Å². The van der Waals surface area contributed by atoms with Crippen LogP contribution < -0.4 is 0 Å². The van der Waals surface area contributed by atoms with Crippen molar-refractivity contribution in [1.82, 2.24) is 0 Å². The first-order valence-corrected chi connectivity index (χ1v) is 3.86. The fourth-order valence-electron chi connectivity index (χ4n) is 0.748. The van der Waals surface area contributed by atoms with Crippen LogP contribution in [0.25, 0.3) is 0 Å². The summed E-state index contributed by atoms with van der Waals surface area (Å²) in [5, 5.41) is 0. The van der Waals surface area contributed by atoms with E-state index in [-0.39, 0.29) is 0 Å². The van der Waals surface area contributed by atoms with E-state index >= 15 is 0 Å². The number of hydrogen-bond acceptors (Lipinski definition) is 0. The zero-order chi connectivity index (χ0) is 6.95. The Morgan fingerprint density at radius 2 is 2.00 bits per heavy atom. The molecule has 0 bridgehead atoms. The fourth-order valence-corrected chi connectivity index (χ4v) is 0.748. The third kappa shape index (κ3) is 7.74. The summed E-state index contributed by atoms with van der Waals surface area (Å²) in [6.45, 7) is 5.94.